The predicted octanol–water partition coefficient (Wildman–Crippen LogP) is 2.30. The number of carbonyl (C=O) groups is 1. The molecule has 4 nitrogen and oxygen atoms in total. The number of carbonyl (C=O) groups excluding carboxylic acids is 1. The van der Waals surface area contributed by atoms with Crippen molar-refractivity contribution in [2.45, 2.75) is 12.8 Å². The molecule has 1 aromatic rings. The smallest absolute Gasteiger partial charge is 0.231 e. The van der Waals surface area contributed by atoms with Crippen molar-refractivity contribution >= 4 is 11.9 Å². The molecule has 1 fully saturated rings. The fourth-order valence-corrected chi connectivity index (χ4v) is 1.89. The van der Waals surface area contributed by atoms with Crippen LogP contribution in [0.4, 0.5) is 0 Å². The van der Waals surface area contributed by atoms with E-state index in [1.807, 2.05) is 12.1 Å². The summed E-state index contributed by atoms with van der Waals surface area (Å²) in [5.41, 5.74) is 1.00. The van der Waals surface area contributed by atoms with Gasteiger partial charge in [0.05, 0.1) is 5.57 Å². The predicted molar refractivity (Wildman–Crippen MR) is 63.9 cm³/mol. The van der Waals surface area contributed by atoms with E-state index in [-0.39, 0.29) is 24.1 Å². The maximum absolute atomic E-state index is 11.8. The largest absolute Gasteiger partial charge is 0.454 e. The van der Waals surface area contributed by atoms with E-state index >= 15 is 0 Å². The van der Waals surface area contributed by atoms with Gasteiger partial charge in [0.2, 0.25) is 6.79 Å². The Balaban J connectivity index is 1.90. The molecule has 0 aromatic heterocycles. The van der Waals surface area contributed by atoms with Gasteiger partial charge in [0.15, 0.2) is 17.3 Å². The molecule has 0 bridgehead atoms. The highest BCUT2D eigenvalue weighted by Gasteiger charge is 2.31. The Bertz CT molecular complexity index is 579. The van der Waals surface area contributed by atoms with Crippen molar-refractivity contribution < 1.29 is 14.3 Å². The zero-order chi connectivity index (χ0) is 12.5. The third kappa shape index (κ3) is 1.95. The first-order chi connectivity index (χ1) is 8.78. The molecule has 1 aliphatic heterocycles. The number of hydrogen-bond donors (Lipinski definition) is 0. The number of ketones is 1. The Morgan fingerprint density at radius 1 is 1.33 bits per heavy atom. The van der Waals surface area contributed by atoms with E-state index in [0.29, 0.717) is 11.5 Å². The zero-order valence-corrected chi connectivity index (χ0v) is 9.68. The number of ether oxygens (including phenoxy) is 2. The van der Waals surface area contributed by atoms with Crippen LogP contribution >= 0.6 is 0 Å². The summed E-state index contributed by atoms with van der Waals surface area (Å²) in [6, 6.07) is 7.35. The van der Waals surface area contributed by atoms with E-state index in [1.54, 1.807) is 18.2 Å². The van der Waals surface area contributed by atoms with Crippen molar-refractivity contribution in [2.75, 3.05) is 6.79 Å². The quantitative estimate of drug-likeness (QED) is 0.601. The van der Waals surface area contributed by atoms with E-state index in [4.69, 9.17) is 14.7 Å². The lowest BCUT2D eigenvalue weighted by Gasteiger charge is -1.99. The summed E-state index contributed by atoms with van der Waals surface area (Å²) in [6.07, 6.45) is 3.42. The third-order valence-corrected chi connectivity index (χ3v) is 3.04. The van der Waals surface area contributed by atoms with Crippen LogP contribution < -0.4 is 9.47 Å². The van der Waals surface area contributed by atoms with Gasteiger partial charge in [0.25, 0.3) is 0 Å². The maximum Gasteiger partial charge on any atom is 0.231 e. The van der Waals surface area contributed by atoms with Crippen LogP contribution in [0.2, 0.25) is 0 Å². The number of fused-ring (bicyclic) bond motifs is 1. The molecule has 0 radical (unpaired) electrons. The van der Waals surface area contributed by atoms with Crippen LogP contribution in [0.15, 0.2) is 23.8 Å². The minimum atomic E-state index is -0.0461. The lowest BCUT2D eigenvalue weighted by atomic mass is 10.0. The van der Waals surface area contributed by atoms with E-state index in [1.165, 1.54) is 0 Å². The first-order valence-corrected chi connectivity index (χ1v) is 5.83. The van der Waals surface area contributed by atoms with Crippen molar-refractivity contribution in [1.29, 1.82) is 5.26 Å². The van der Waals surface area contributed by atoms with Crippen molar-refractivity contribution in [3.8, 4) is 17.6 Å². The summed E-state index contributed by atoms with van der Waals surface area (Å²) in [7, 11) is 0. The lowest BCUT2D eigenvalue weighted by molar-refractivity contribution is -0.116. The fraction of sp³-hybridized carbons (Fsp3) is 0.286. The number of hydrogen-bond acceptors (Lipinski definition) is 4. The van der Waals surface area contributed by atoms with Crippen LogP contribution in [0.3, 0.4) is 0 Å². The second-order valence-electron chi connectivity index (χ2n) is 4.42. The van der Waals surface area contributed by atoms with Gasteiger partial charge in [-0.05, 0) is 36.6 Å². The van der Waals surface area contributed by atoms with Gasteiger partial charge in [-0.3, -0.25) is 4.79 Å². The van der Waals surface area contributed by atoms with Gasteiger partial charge in [-0.15, -0.1) is 0 Å². The number of nitriles is 1. The van der Waals surface area contributed by atoms with Crippen LogP contribution in [0.25, 0.3) is 6.08 Å². The average Bonchev–Trinajstić information content (AvgIpc) is 3.13. The monoisotopic (exact) mass is 241 g/mol. The molecule has 3 rings (SSSR count). The zero-order valence-electron chi connectivity index (χ0n) is 9.68. The van der Waals surface area contributed by atoms with Crippen LogP contribution in [0, 0.1) is 17.2 Å². The summed E-state index contributed by atoms with van der Waals surface area (Å²) in [5.74, 6) is 1.36. The van der Waals surface area contributed by atoms with Gasteiger partial charge < -0.3 is 9.47 Å². The normalized spacial score (nSPS) is 17.4. The Morgan fingerprint density at radius 3 is 2.83 bits per heavy atom. The molecule has 0 amide bonds. The molecule has 1 heterocycles. The highest BCUT2D eigenvalue weighted by atomic mass is 16.7. The molecule has 2 aliphatic rings. The Hall–Kier alpha value is -2.28. The van der Waals surface area contributed by atoms with Gasteiger partial charge in [0, 0.05) is 5.92 Å². The summed E-state index contributed by atoms with van der Waals surface area (Å²) < 4.78 is 10.5. The Kier molecular flexibility index (Phi) is 2.52. The van der Waals surface area contributed by atoms with Crippen LogP contribution in [-0.4, -0.2) is 12.6 Å². The van der Waals surface area contributed by atoms with Gasteiger partial charge in [-0.2, -0.15) is 5.26 Å². The number of Topliss-reactive ketones (excluding diaryl/α,β-unsaturated/α-hetero) is 1. The van der Waals surface area contributed by atoms with Gasteiger partial charge in [-0.25, -0.2) is 0 Å². The second-order valence-corrected chi connectivity index (χ2v) is 4.42. The maximum atomic E-state index is 11.8. The first kappa shape index (κ1) is 10.8. The summed E-state index contributed by atoms with van der Waals surface area (Å²) >= 11 is 0. The molecule has 1 aliphatic carbocycles. The minimum Gasteiger partial charge on any atom is -0.454 e. The topological polar surface area (TPSA) is 59.3 Å². The molecular formula is C14H11NO3. The van der Waals surface area contributed by atoms with Crippen LogP contribution in [0.5, 0.6) is 11.5 Å². The summed E-state index contributed by atoms with van der Waals surface area (Å²) in [6.45, 7) is 0.217. The molecule has 1 saturated carbocycles. The van der Waals surface area contributed by atoms with Gasteiger partial charge >= 0.3 is 0 Å². The molecule has 90 valence electrons. The van der Waals surface area contributed by atoms with E-state index in [2.05, 4.69) is 0 Å². The van der Waals surface area contributed by atoms with Crippen molar-refractivity contribution in [1.82, 2.24) is 0 Å². The molecular weight excluding hydrogens is 230 g/mol. The fourth-order valence-electron chi connectivity index (χ4n) is 1.89. The summed E-state index contributed by atoms with van der Waals surface area (Å²) in [4.78, 5) is 11.8. The van der Waals surface area contributed by atoms with Crippen molar-refractivity contribution in [2.24, 2.45) is 5.92 Å². The first-order valence-electron chi connectivity index (χ1n) is 5.83. The minimum absolute atomic E-state index is 0.0461. The van der Waals surface area contributed by atoms with E-state index in [9.17, 15) is 4.79 Å². The summed E-state index contributed by atoms with van der Waals surface area (Å²) in [5, 5.41) is 9.03. The molecule has 0 unspecified atom stereocenters. The number of benzene rings is 1. The van der Waals surface area contributed by atoms with E-state index in [0.717, 1.165) is 18.4 Å². The highest BCUT2D eigenvalue weighted by Crippen LogP contribution is 2.35. The number of nitrogens with zero attached hydrogens (tertiary/aromatic N) is 1. The standard InChI is InChI=1S/C14H11NO3/c15-7-11(14(16)10-2-3-10)5-9-1-4-12-13(6-9)18-8-17-12/h1,4-6,10H,2-3,8H2/b11-5+. The molecule has 0 atom stereocenters. The Morgan fingerprint density at radius 2 is 2.11 bits per heavy atom. The highest BCUT2D eigenvalue weighted by molar-refractivity contribution is 6.05. The van der Waals surface area contributed by atoms with Gasteiger partial charge in [-0.1, -0.05) is 6.07 Å². The van der Waals surface area contributed by atoms with Crippen LogP contribution in [0.1, 0.15) is 18.4 Å². The molecule has 0 spiro atoms. The van der Waals surface area contributed by atoms with Crippen molar-refractivity contribution in [3.05, 3.63) is 29.3 Å². The lowest BCUT2D eigenvalue weighted by Crippen LogP contribution is -2.02. The molecule has 18 heavy (non-hydrogen) atoms. The molecule has 1 aromatic carbocycles. The third-order valence-electron chi connectivity index (χ3n) is 3.04. The van der Waals surface area contributed by atoms with Gasteiger partial charge in [0.1, 0.15) is 6.07 Å². The van der Waals surface area contributed by atoms with Crippen LogP contribution in [-0.2, 0) is 4.79 Å². The molecule has 4 heteroatoms. The average molecular weight is 241 g/mol. The second kappa shape index (κ2) is 4.19. The molecule has 0 N–H and O–H groups in total. The molecule has 0 saturated heterocycles. The van der Waals surface area contributed by atoms with Crippen molar-refractivity contribution in [3.63, 3.8) is 0 Å². The Labute approximate surface area is 104 Å². The number of rotatable bonds is 3. The SMILES string of the molecule is N#C/C(=C\c1ccc2c(c1)OCO2)C(=O)C1CC1. The number of allylic oxidation sites excluding steroid dienone is 1. The van der Waals surface area contributed by atoms with E-state index < -0.39 is 0 Å².